The van der Waals surface area contributed by atoms with Gasteiger partial charge in [0.25, 0.3) is 0 Å². The van der Waals surface area contributed by atoms with Crippen molar-refractivity contribution in [2.75, 3.05) is 0 Å². The molecule has 0 saturated carbocycles. The predicted molar refractivity (Wildman–Crippen MR) is 88.0 cm³/mol. The van der Waals surface area contributed by atoms with E-state index in [9.17, 15) is 0 Å². The third-order valence-electron chi connectivity index (χ3n) is 0.707. The Balaban J connectivity index is -0.0000000853. The summed E-state index contributed by atoms with van der Waals surface area (Å²) >= 11 is 10.8. The van der Waals surface area contributed by atoms with Gasteiger partial charge in [0, 0.05) is 0 Å². The summed E-state index contributed by atoms with van der Waals surface area (Å²) in [5, 5.41) is 0. The van der Waals surface area contributed by atoms with Gasteiger partial charge in [-0.25, -0.2) is 0 Å². The molecule has 0 radical (unpaired) electrons. The molecule has 15 heteroatoms. The fourth-order valence-corrected chi connectivity index (χ4v) is 0.354. The molecule has 0 aromatic carbocycles. The second-order valence-corrected chi connectivity index (χ2v) is 10.4. The molecule has 0 unspecified atom stereocenters. The lowest BCUT2D eigenvalue weighted by Gasteiger charge is -1.88. The third-order valence-corrected chi connectivity index (χ3v) is 0.707. The lowest BCUT2D eigenvalue weighted by molar-refractivity contribution is 0.361. The fourth-order valence-electron chi connectivity index (χ4n) is 0.354. The van der Waals surface area contributed by atoms with Crippen molar-refractivity contribution in [3.63, 3.8) is 0 Å². The first-order valence-electron chi connectivity index (χ1n) is 4.76. The number of rotatable bonds is 2. The van der Waals surface area contributed by atoms with Crippen LogP contribution in [0.2, 0.25) is 0 Å². The van der Waals surface area contributed by atoms with Crippen LogP contribution < -0.4 is 0 Å². The van der Waals surface area contributed by atoms with E-state index in [0.29, 0.717) is 0 Å². The highest BCUT2D eigenvalue weighted by Crippen LogP contribution is 2.27. The summed E-state index contributed by atoms with van der Waals surface area (Å²) in [5.74, 6) is 0. The molecule has 0 aromatic rings. The maximum absolute atomic E-state index is 7.56. The maximum Gasteiger partial charge on any atom is 0.319 e. The Morgan fingerprint density at radius 1 is 0.550 bits per heavy atom. The molecule has 0 amide bonds. The van der Waals surface area contributed by atoms with E-state index in [1.165, 1.54) is 19.3 Å². The van der Waals surface area contributed by atoms with Crippen LogP contribution in [0.25, 0.3) is 0 Å². The highest BCUT2D eigenvalue weighted by Gasteiger charge is 1.93. The van der Waals surface area contributed by atoms with E-state index in [0.717, 1.165) is 0 Å². The molecule has 0 saturated heterocycles. The summed E-state index contributed by atoms with van der Waals surface area (Å²) in [6, 6.07) is 0. The Labute approximate surface area is 133 Å². The lowest BCUT2D eigenvalue weighted by Crippen LogP contribution is -1.65. The lowest BCUT2D eigenvalue weighted by atomic mass is 10.3. The van der Waals surface area contributed by atoms with Crippen molar-refractivity contribution < 1.29 is 44.0 Å². The van der Waals surface area contributed by atoms with E-state index in [-0.39, 0.29) is 0 Å². The zero-order chi connectivity index (χ0) is 17.6. The van der Waals surface area contributed by atoms with Gasteiger partial charge in [-0.1, -0.05) is 33.1 Å². The number of hydrogen-bond acceptors (Lipinski definition) is 3. The van der Waals surface area contributed by atoms with Crippen LogP contribution in [0.5, 0.6) is 0 Å². The van der Waals surface area contributed by atoms with Crippen LogP contribution in [0.15, 0.2) is 0 Å². The summed E-state index contributed by atoms with van der Waals surface area (Å²) < 4.78 is 0. The summed E-state index contributed by atoms with van der Waals surface area (Å²) in [6.45, 7) is -6.99. The summed E-state index contributed by atoms with van der Waals surface area (Å²) in [6.07, 6.45) is 4.08. The van der Waals surface area contributed by atoms with Crippen LogP contribution >= 0.6 is 20.2 Å². The molecule has 20 heavy (non-hydrogen) atoms. The molecule has 0 aliphatic rings. The Morgan fingerprint density at radius 2 is 0.650 bits per heavy atom. The fraction of sp³-hybridized carbons (Fsp3) is 1.00. The van der Waals surface area contributed by atoms with Gasteiger partial charge in [-0.3, -0.25) is 0 Å². The highest BCUT2D eigenvalue weighted by molar-refractivity contribution is 8.06. The van der Waals surface area contributed by atoms with Gasteiger partial charge < -0.3 is 44.0 Å². The minimum Gasteiger partial charge on any atom is -0.325 e. The largest absolute Gasteiger partial charge is 0.325 e. The van der Waals surface area contributed by atoms with E-state index in [1.54, 1.807) is 0 Å². The van der Waals surface area contributed by atoms with E-state index in [2.05, 4.69) is 49.3 Å². The standard InChI is InChI=1S/C5H12.3H3O3PS/c1-3-5-4-2;3*1-4(2,3)5/h3-5H2,1-2H3;3*(H3,1,2,3,5). The molecule has 0 atom stereocenters. The van der Waals surface area contributed by atoms with Gasteiger partial charge >= 0.3 is 20.2 Å². The first kappa shape index (κ1) is 29.6. The number of unbranched alkanes of at least 4 members (excludes halogenated alkanes) is 2. The van der Waals surface area contributed by atoms with Crippen LogP contribution in [0, 0.1) is 0 Å². The van der Waals surface area contributed by atoms with Crippen molar-refractivity contribution in [1.82, 2.24) is 0 Å². The Hall–Kier alpha value is 1.59. The van der Waals surface area contributed by atoms with Crippen LogP contribution in [0.1, 0.15) is 33.1 Å². The first-order valence-corrected chi connectivity index (χ1v) is 12.7. The average Bonchev–Trinajstić information content (AvgIpc) is 1.94. The van der Waals surface area contributed by atoms with Crippen molar-refractivity contribution in [3.8, 4) is 0 Å². The van der Waals surface area contributed by atoms with Crippen molar-refractivity contribution in [1.29, 1.82) is 0 Å². The molecular formula is C5H21O9P3S3. The summed E-state index contributed by atoms with van der Waals surface area (Å²) in [5.41, 5.74) is 0. The molecule has 0 rings (SSSR count). The molecule has 0 aliphatic carbocycles. The van der Waals surface area contributed by atoms with Gasteiger partial charge in [0.1, 0.15) is 0 Å². The van der Waals surface area contributed by atoms with E-state index in [1.807, 2.05) is 0 Å². The topological polar surface area (TPSA) is 182 Å². The van der Waals surface area contributed by atoms with Gasteiger partial charge in [0.05, 0.1) is 0 Å². The minimum atomic E-state index is -3.81. The second kappa shape index (κ2) is 15.5. The Bertz CT molecular complexity index is 259. The molecule has 0 aliphatic heterocycles. The minimum absolute atomic E-state index is 1.34. The van der Waals surface area contributed by atoms with E-state index in [4.69, 9.17) is 44.0 Å². The van der Waals surface area contributed by atoms with Crippen LogP contribution in [-0.4, -0.2) is 44.0 Å². The molecule has 0 heterocycles. The molecule has 128 valence electrons. The molecule has 0 fully saturated rings. The SMILES string of the molecule is CCCCC.OP(O)(O)=S.OP(O)(O)=S.OP(O)(O)=S. The van der Waals surface area contributed by atoms with Crippen LogP contribution in [0.4, 0.5) is 0 Å². The van der Waals surface area contributed by atoms with Crippen molar-refractivity contribution in [2.45, 2.75) is 33.1 Å². The highest BCUT2D eigenvalue weighted by atomic mass is 32.5. The Kier molecular flexibility index (Phi) is 22.9. The van der Waals surface area contributed by atoms with Gasteiger partial charge in [-0.05, 0) is 35.4 Å². The molecule has 9 N–H and O–H groups in total. The van der Waals surface area contributed by atoms with Gasteiger partial charge in [0.2, 0.25) is 0 Å². The van der Waals surface area contributed by atoms with E-state index >= 15 is 0 Å². The zero-order valence-corrected chi connectivity index (χ0v) is 15.8. The van der Waals surface area contributed by atoms with Gasteiger partial charge in [0.15, 0.2) is 0 Å². The molecule has 0 aromatic heterocycles. The normalized spacial score (nSPS) is 10.9. The van der Waals surface area contributed by atoms with E-state index < -0.39 is 20.2 Å². The van der Waals surface area contributed by atoms with Crippen molar-refractivity contribution in [2.24, 2.45) is 0 Å². The van der Waals surface area contributed by atoms with Crippen molar-refractivity contribution in [3.05, 3.63) is 0 Å². The second-order valence-electron chi connectivity index (χ2n) is 2.89. The van der Waals surface area contributed by atoms with Crippen LogP contribution in [-0.2, 0) is 35.4 Å². The van der Waals surface area contributed by atoms with Gasteiger partial charge in [-0.15, -0.1) is 0 Å². The molecular weight excluding hydrogens is 393 g/mol. The monoisotopic (exact) mass is 414 g/mol. The smallest absolute Gasteiger partial charge is 0.319 e. The summed E-state index contributed by atoms with van der Waals surface area (Å²) in [4.78, 5) is 68.0. The average molecular weight is 414 g/mol. The first-order chi connectivity index (χ1) is 8.41. The molecule has 9 nitrogen and oxygen atoms in total. The summed E-state index contributed by atoms with van der Waals surface area (Å²) in [7, 11) is 0. The predicted octanol–water partition coefficient (Wildman–Crippen LogP) is -0.240. The quantitative estimate of drug-likeness (QED) is 0.271. The zero-order valence-electron chi connectivity index (χ0n) is 10.7. The van der Waals surface area contributed by atoms with Crippen LogP contribution in [0.3, 0.4) is 0 Å². The molecule has 0 spiro atoms. The maximum atomic E-state index is 7.56. The van der Waals surface area contributed by atoms with Gasteiger partial charge in [-0.2, -0.15) is 0 Å². The van der Waals surface area contributed by atoms with Crippen molar-refractivity contribution >= 4 is 55.6 Å². The molecule has 0 bridgehead atoms. The Morgan fingerprint density at radius 3 is 0.650 bits per heavy atom. The number of hydrogen-bond donors (Lipinski definition) is 9. The third kappa shape index (κ3) is 525.